The summed E-state index contributed by atoms with van der Waals surface area (Å²) < 4.78 is 10.5. The predicted octanol–water partition coefficient (Wildman–Crippen LogP) is 2.59. The van der Waals surface area contributed by atoms with Gasteiger partial charge in [0, 0.05) is 31.4 Å². The normalized spacial score (nSPS) is 11.2. The SMILES string of the molecule is CCOCCCNC(=O)/C(=C/c1ccco1)NC(=O)c1ccccc1. The van der Waals surface area contributed by atoms with E-state index in [4.69, 9.17) is 9.15 Å². The first-order valence-corrected chi connectivity index (χ1v) is 8.18. The lowest BCUT2D eigenvalue weighted by Gasteiger charge is -2.11. The van der Waals surface area contributed by atoms with E-state index in [-0.39, 0.29) is 17.5 Å². The number of benzene rings is 1. The van der Waals surface area contributed by atoms with Crippen molar-refractivity contribution in [2.45, 2.75) is 13.3 Å². The second-order valence-electron chi connectivity index (χ2n) is 5.20. The number of rotatable bonds is 9. The van der Waals surface area contributed by atoms with Crippen LogP contribution in [-0.2, 0) is 9.53 Å². The summed E-state index contributed by atoms with van der Waals surface area (Å²) in [5.74, 6) is -0.257. The molecule has 0 saturated carbocycles. The molecule has 0 aliphatic rings. The second-order valence-corrected chi connectivity index (χ2v) is 5.20. The first-order chi connectivity index (χ1) is 12.2. The number of ether oxygens (including phenoxy) is 1. The fourth-order valence-electron chi connectivity index (χ4n) is 2.07. The number of carbonyl (C=O) groups is 2. The van der Waals surface area contributed by atoms with Crippen molar-refractivity contribution in [1.82, 2.24) is 10.6 Å². The van der Waals surface area contributed by atoms with E-state index in [2.05, 4.69) is 10.6 Å². The van der Waals surface area contributed by atoms with E-state index in [1.165, 1.54) is 12.3 Å². The summed E-state index contributed by atoms with van der Waals surface area (Å²) in [4.78, 5) is 24.7. The maximum atomic E-state index is 12.4. The molecule has 0 atom stereocenters. The van der Waals surface area contributed by atoms with Gasteiger partial charge in [-0.25, -0.2) is 0 Å². The molecule has 132 valence electrons. The number of nitrogens with one attached hydrogen (secondary N) is 2. The molecular formula is C19H22N2O4. The Bertz CT molecular complexity index is 693. The zero-order valence-corrected chi connectivity index (χ0v) is 14.2. The molecule has 1 heterocycles. The van der Waals surface area contributed by atoms with Crippen LogP contribution >= 0.6 is 0 Å². The number of amides is 2. The van der Waals surface area contributed by atoms with Crippen LogP contribution in [0.3, 0.4) is 0 Å². The summed E-state index contributed by atoms with van der Waals surface area (Å²) in [5.41, 5.74) is 0.595. The van der Waals surface area contributed by atoms with E-state index in [0.717, 1.165) is 0 Å². The molecule has 0 aliphatic heterocycles. The third kappa shape index (κ3) is 6.27. The van der Waals surface area contributed by atoms with Gasteiger partial charge >= 0.3 is 0 Å². The van der Waals surface area contributed by atoms with Crippen LogP contribution in [0.5, 0.6) is 0 Å². The average molecular weight is 342 g/mol. The lowest BCUT2D eigenvalue weighted by atomic mass is 10.2. The first-order valence-electron chi connectivity index (χ1n) is 8.18. The molecule has 2 rings (SSSR count). The Labute approximate surface area is 146 Å². The second kappa shape index (κ2) is 10.1. The third-order valence-corrected chi connectivity index (χ3v) is 3.31. The molecule has 1 aromatic carbocycles. The van der Waals surface area contributed by atoms with Gasteiger partial charge < -0.3 is 19.8 Å². The Hall–Kier alpha value is -2.86. The topological polar surface area (TPSA) is 80.6 Å². The summed E-state index contributed by atoms with van der Waals surface area (Å²) in [6, 6.07) is 12.1. The molecule has 0 bridgehead atoms. The van der Waals surface area contributed by atoms with Crippen molar-refractivity contribution in [3.63, 3.8) is 0 Å². The van der Waals surface area contributed by atoms with Crippen LogP contribution in [0.25, 0.3) is 6.08 Å². The van der Waals surface area contributed by atoms with Crippen LogP contribution in [0.1, 0.15) is 29.5 Å². The first kappa shape index (κ1) is 18.5. The van der Waals surface area contributed by atoms with E-state index < -0.39 is 0 Å². The van der Waals surface area contributed by atoms with Crippen LogP contribution in [0.2, 0.25) is 0 Å². The summed E-state index contributed by atoms with van der Waals surface area (Å²) in [7, 11) is 0. The lowest BCUT2D eigenvalue weighted by molar-refractivity contribution is -0.117. The predicted molar refractivity (Wildman–Crippen MR) is 94.7 cm³/mol. The van der Waals surface area contributed by atoms with Gasteiger partial charge in [-0.05, 0) is 37.6 Å². The van der Waals surface area contributed by atoms with Crippen LogP contribution in [0.15, 0.2) is 58.8 Å². The molecule has 0 aliphatic carbocycles. The minimum atomic E-state index is -0.378. The van der Waals surface area contributed by atoms with Crippen molar-refractivity contribution in [1.29, 1.82) is 0 Å². The van der Waals surface area contributed by atoms with Crippen LogP contribution in [0.4, 0.5) is 0 Å². The fourth-order valence-corrected chi connectivity index (χ4v) is 2.07. The Morgan fingerprint density at radius 3 is 2.64 bits per heavy atom. The van der Waals surface area contributed by atoms with Gasteiger partial charge in [0.2, 0.25) is 0 Å². The monoisotopic (exact) mass is 342 g/mol. The van der Waals surface area contributed by atoms with Gasteiger partial charge in [-0.1, -0.05) is 18.2 Å². The van der Waals surface area contributed by atoms with Crippen molar-refractivity contribution in [3.05, 3.63) is 65.7 Å². The number of hydrogen-bond donors (Lipinski definition) is 2. The Balaban J connectivity index is 2.03. The van der Waals surface area contributed by atoms with E-state index in [9.17, 15) is 9.59 Å². The Kier molecular flexibility index (Phi) is 7.46. The smallest absolute Gasteiger partial charge is 0.267 e. The minimum absolute atomic E-state index is 0.125. The number of hydrogen-bond acceptors (Lipinski definition) is 4. The highest BCUT2D eigenvalue weighted by Crippen LogP contribution is 2.08. The maximum Gasteiger partial charge on any atom is 0.267 e. The third-order valence-electron chi connectivity index (χ3n) is 3.31. The maximum absolute atomic E-state index is 12.4. The Morgan fingerprint density at radius 1 is 1.16 bits per heavy atom. The summed E-state index contributed by atoms with van der Waals surface area (Å²) in [5, 5.41) is 5.41. The number of carbonyl (C=O) groups excluding carboxylic acids is 2. The zero-order valence-electron chi connectivity index (χ0n) is 14.2. The molecule has 0 unspecified atom stereocenters. The van der Waals surface area contributed by atoms with Crippen LogP contribution < -0.4 is 10.6 Å². The highest BCUT2D eigenvalue weighted by molar-refractivity contribution is 6.05. The van der Waals surface area contributed by atoms with Crippen molar-refractivity contribution in [3.8, 4) is 0 Å². The van der Waals surface area contributed by atoms with Crippen molar-refractivity contribution in [2.75, 3.05) is 19.8 Å². The number of furan rings is 1. The molecule has 6 heteroatoms. The molecule has 0 fully saturated rings. The van der Waals surface area contributed by atoms with Crippen molar-refractivity contribution in [2.24, 2.45) is 0 Å². The van der Waals surface area contributed by atoms with E-state index in [0.29, 0.717) is 37.5 Å². The highest BCUT2D eigenvalue weighted by Gasteiger charge is 2.14. The quantitative estimate of drug-likeness (QED) is 0.542. The van der Waals surface area contributed by atoms with Gasteiger partial charge in [-0.2, -0.15) is 0 Å². The molecule has 25 heavy (non-hydrogen) atoms. The molecule has 0 saturated heterocycles. The molecular weight excluding hydrogens is 320 g/mol. The summed E-state index contributed by atoms with van der Waals surface area (Å²) >= 11 is 0. The average Bonchev–Trinajstić information content (AvgIpc) is 3.14. The molecule has 2 amide bonds. The van der Waals surface area contributed by atoms with Gasteiger partial charge in [-0.15, -0.1) is 0 Å². The lowest BCUT2D eigenvalue weighted by Crippen LogP contribution is -2.35. The fraction of sp³-hybridized carbons (Fsp3) is 0.263. The van der Waals surface area contributed by atoms with Crippen LogP contribution in [0, 0.1) is 0 Å². The highest BCUT2D eigenvalue weighted by atomic mass is 16.5. The van der Waals surface area contributed by atoms with Crippen molar-refractivity contribution >= 4 is 17.9 Å². The molecule has 6 nitrogen and oxygen atoms in total. The summed E-state index contributed by atoms with van der Waals surface area (Å²) in [6.07, 6.45) is 3.70. The molecule has 1 aromatic heterocycles. The van der Waals surface area contributed by atoms with Gasteiger partial charge in [0.25, 0.3) is 11.8 Å². The van der Waals surface area contributed by atoms with Gasteiger partial charge in [0.1, 0.15) is 11.5 Å². The molecule has 0 radical (unpaired) electrons. The summed E-state index contributed by atoms with van der Waals surface area (Å²) in [6.45, 7) is 3.59. The van der Waals surface area contributed by atoms with E-state index in [1.54, 1.807) is 36.4 Å². The molecule has 0 spiro atoms. The van der Waals surface area contributed by atoms with Crippen molar-refractivity contribution < 1.29 is 18.7 Å². The van der Waals surface area contributed by atoms with E-state index in [1.807, 2.05) is 13.0 Å². The Morgan fingerprint density at radius 2 is 1.96 bits per heavy atom. The molecule has 2 N–H and O–H groups in total. The van der Waals surface area contributed by atoms with E-state index >= 15 is 0 Å². The van der Waals surface area contributed by atoms with Crippen LogP contribution in [-0.4, -0.2) is 31.6 Å². The largest absolute Gasteiger partial charge is 0.465 e. The minimum Gasteiger partial charge on any atom is -0.465 e. The van der Waals surface area contributed by atoms with Gasteiger partial charge in [0.15, 0.2) is 0 Å². The van der Waals surface area contributed by atoms with Gasteiger partial charge in [0.05, 0.1) is 6.26 Å². The van der Waals surface area contributed by atoms with Gasteiger partial charge in [-0.3, -0.25) is 9.59 Å². The standard InChI is InChI=1S/C19H22N2O4/c1-2-24-12-7-11-20-19(23)17(14-16-10-6-13-25-16)21-18(22)15-8-4-3-5-9-15/h3-6,8-10,13-14H,2,7,11-12H2,1H3,(H,20,23)(H,21,22)/b17-14-. The molecule has 2 aromatic rings. The zero-order chi connectivity index (χ0) is 17.9.